The number of allylic oxidation sites excluding steroid dienone is 1. The third kappa shape index (κ3) is 5.71. The van der Waals surface area contributed by atoms with E-state index in [9.17, 15) is 9.59 Å². The molecule has 5 nitrogen and oxygen atoms in total. The molecule has 0 aliphatic heterocycles. The Bertz CT molecular complexity index is 884. The van der Waals surface area contributed by atoms with E-state index in [1.54, 1.807) is 38.4 Å². The molecule has 0 saturated carbocycles. The van der Waals surface area contributed by atoms with Gasteiger partial charge in [0.15, 0.2) is 23.9 Å². The summed E-state index contributed by atoms with van der Waals surface area (Å²) in [6.45, 7) is 6.17. The van der Waals surface area contributed by atoms with Gasteiger partial charge in [0.25, 0.3) is 5.91 Å². The van der Waals surface area contributed by atoms with Crippen molar-refractivity contribution in [3.05, 3.63) is 64.7 Å². The highest BCUT2D eigenvalue weighted by atomic mass is 16.5. The monoisotopic (exact) mass is 381 g/mol. The van der Waals surface area contributed by atoms with E-state index in [2.05, 4.69) is 0 Å². The number of ether oxygens (including phenoxy) is 2. The van der Waals surface area contributed by atoms with Gasteiger partial charge in [-0.3, -0.25) is 9.59 Å². The molecule has 0 unspecified atom stereocenters. The topological polar surface area (TPSA) is 55.8 Å². The fourth-order valence-electron chi connectivity index (χ4n) is 2.55. The third-order valence-corrected chi connectivity index (χ3v) is 4.20. The van der Waals surface area contributed by atoms with Crippen LogP contribution in [0.5, 0.6) is 11.5 Å². The summed E-state index contributed by atoms with van der Waals surface area (Å²) < 4.78 is 11.2. The van der Waals surface area contributed by atoms with Crippen LogP contribution in [0, 0.1) is 13.8 Å². The number of benzene rings is 2. The van der Waals surface area contributed by atoms with Crippen molar-refractivity contribution < 1.29 is 19.1 Å². The molecule has 28 heavy (non-hydrogen) atoms. The number of carbonyl (C=O) groups is 2. The molecule has 0 atom stereocenters. The number of carbonyl (C=O) groups excluding carboxylic acids is 2. The van der Waals surface area contributed by atoms with Gasteiger partial charge in [-0.15, -0.1) is 0 Å². The highest BCUT2D eigenvalue weighted by Crippen LogP contribution is 2.29. The Balaban J connectivity index is 2.18. The third-order valence-electron chi connectivity index (χ3n) is 4.20. The maximum atomic E-state index is 12.5. The predicted octanol–water partition coefficient (Wildman–Crippen LogP) is 4.07. The van der Waals surface area contributed by atoms with E-state index in [1.807, 2.05) is 45.0 Å². The minimum atomic E-state index is -0.134. The van der Waals surface area contributed by atoms with Crippen LogP contribution < -0.4 is 9.47 Å². The molecule has 0 N–H and O–H groups in total. The number of amides is 1. The number of hydrogen-bond donors (Lipinski definition) is 0. The van der Waals surface area contributed by atoms with Crippen LogP contribution in [0.25, 0.3) is 6.08 Å². The summed E-state index contributed by atoms with van der Waals surface area (Å²) >= 11 is 0. The Morgan fingerprint density at radius 1 is 1.00 bits per heavy atom. The minimum absolute atomic E-state index is 0.0453. The van der Waals surface area contributed by atoms with Crippen molar-refractivity contribution in [2.24, 2.45) is 0 Å². The van der Waals surface area contributed by atoms with Crippen molar-refractivity contribution in [1.82, 2.24) is 4.90 Å². The molecule has 0 radical (unpaired) electrons. The molecule has 0 fully saturated rings. The van der Waals surface area contributed by atoms with Crippen LogP contribution in [-0.2, 0) is 4.79 Å². The van der Waals surface area contributed by atoms with Crippen LogP contribution in [-0.4, -0.2) is 43.9 Å². The van der Waals surface area contributed by atoms with E-state index in [4.69, 9.17) is 9.47 Å². The normalized spacial score (nSPS) is 10.8. The van der Waals surface area contributed by atoms with Crippen molar-refractivity contribution in [2.75, 3.05) is 27.3 Å². The lowest BCUT2D eigenvalue weighted by atomic mass is 10.0. The SMILES string of the molecule is CCOc1cc(/C=C/C(=O)c2cc(C)ccc2C)ccc1OCC(=O)N(C)C. The van der Waals surface area contributed by atoms with Gasteiger partial charge in [-0.05, 0) is 56.2 Å². The van der Waals surface area contributed by atoms with Crippen LogP contribution in [0.3, 0.4) is 0 Å². The number of hydrogen-bond acceptors (Lipinski definition) is 4. The van der Waals surface area contributed by atoms with Gasteiger partial charge in [0, 0.05) is 19.7 Å². The molecular formula is C23H27NO4. The molecule has 0 aliphatic rings. The summed E-state index contributed by atoms with van der Waals surface area (Å²) in [5, 5.41) is 0. The first-order chi connectivity index (χ1) is 13.3. The quantitative estimate of drug-likeness (QED) is 0.511. The molecule has 1 amide bonds. The number of nitrogens with zero attached hydrogens (tertiary/aromatic N) is 1. The first-order valence-corrected chi connectivity index (χ1v) is 9.21. The molecule has 0 aliphatic carbocycles. The van der Waals surface area contributed by atoms with E-state index in [0.29, 0.717) is 23.7 Å². The standard InChI is InChI=1S/C23H27NO4/c1-6-27-22-14-18(10-12-21(22)28-15-23(26)24(4)5)9-11-20(25)19-13-16(2)7-8-17(19)3/h7-14H,6,15H2,1-5H3/b11-9+. The number of likely N-dealkylation sites (N-methyl/N-ethyl adjacent to an activating group) is 1. The zero-order valence-corrected chi connectivity index (χ0v) is 17.1. The van der Waals surface area contributed by atoms with Gasteiger partial charge < -0.3 is 14.4 Å². The lowest BCUT2D eigenvalue weighted by Gasteiger charge is -2.14. The van der Waals surface area contributed by atoms with Gasteiger partial charge in [0.2, 0.25) is 0 Å². The second-order valence-electron chi connectivity index (χ2n) is 6.73. The Kier molecular flexibility index (Phi) is 7.38. The summed E-state index contributed by atoms with van der Waals surface area (Å²) in [5.41, 5.74) is 3.51. The van der Waals surface area contributed by atoms with Gasteiger partial charge in [0.05, 0.1) is 6.61 Å². The van der Waals surface area contributed by atoms with Gasteiger partial charge in [-0.1, -0.05) is 29.8 Å². The van der Waals surface area contributed by atoms with E-state index in [1.165, 1.54) is 4.90 Å². The minimum Gasteiger partial charge on any atom is -0.490 e. The van der Waals surface area contributed by atoms with Crippen LogP contribution in [0.15, 0.2) is 42.5 Å². The molecule has 2 aromatic rings. The Morgan fingerprint density at radius 2 is 1.75 bits per heavy atom. The first kappa shape index (κ1) is 21.2. The number of rotatable bonds is 8. The second-order valence-corrected chi connectivity index (χ2v) is 6.73. The van der Waals surface area contributed by atoms with Crippen LogP contribution in [0.2, 0.25) is 0 Å². The first-order valence-electron chi connectivity index (χ1n) is 9.21. The van der Waals surface area contributed by atoms with Crippen LogP contribution >= 0.6 is 0 Å². The summed E-state index contributed by atoms with van der Waals surface area (Å²) in [4.78, 5) is 25.7. The summed E-state index contributed by atoms with van der Waals surface area (Å²) in [6, 6.07) is 11.2. The maximum absolute atomic E-state index is 12.5. The van der Waals surface area contributed by atoms with E-state index in [-0.39, 0.29) is 18.3 Å². The van der Waals surface area contributed by atoms with E-state index < -0.39 is 0 Å². The number of ketones is 1. The molecule has 0 aromatic heterocycles. The van der Waals surface area contributed by atoms with Gasteiger partial charge in [0.1, 0.15) is 0 Å². The fraction of sp³-hybridized carbons (Fsp3) is 0.304. The maximum Gasteiger partial charge on any atom is 0.259 e. The molecular weight excluding hydrogens is 354 g/mol. The van der Waals surface area contributed by atoms with Gasteiger partial charge >= 0.3 is 0 Å². The smallest absolute Gasteiger partial charge is 0.259 e. The summed E-state index contributed by atoms with van der Waals surface area (Å²) in [6.07, 6.45) is 3.31. The average molecular weight is 381 g/mol. The Hall–Kier alpha value is -3.08. The van der Waals surface area contributed by atoms with Crippen molar-refractivity contribution >= 4 is 17.8 Å². The van der Waals surface area contributed by atoms with Gasteiger partial charge in [-0.2, -0.15) is 0 Å². The molecule has 0 spiro atoms. The van der Waals surface area contributed by atoms with E-state index in [0.717, 1.165) is 16.7 Å². The van der Waals surface area contributed by atoms with Crippen molar-refractivity contribution in [1.29, 1.82) is 0 Å². The van der Waals surface area contributed by atoms with Crippen molar-refractivity contribution in [3.8, 4) is 11.5 Å². The fourth-order valence-corrected chi connectivity index (χ4v) is 2.55. The molecule has 0 bridgehead atoms. The Morgan fingerprint density at radius 3 is 2.43 bits per heavy atom. The number of aryl methyl sites for hydroxylation is 2. The highest BCUT2D eigenvalue weighted by Gasteiger charge is 2.10. The molecule has 148 valence electrons. The van der Waals surface area contributed by atoms with Crippen LogP contribution in [0.1, 0.15) is 34.0 Å². The molecule has 5 heteroatoms. The predicted molar refractivity (Wildman–Crippen MR) is 111 cm³/mol. The summed E-state index contributed by atoms with van der Waals surface area (Å²) in [7, 11) is 3.35. The van der Waals surface area contributed by atoms with E-state index >= 15 is 0 Å². The zero-order chi connectivity index (χ0) is 20.7. The lowest BCUT2D eigenvalue weighted by molar-refractivity contribution is -0.130. The average Bonchev–Trinajstić information content (AvgIpc) is 2.67. The molecule has 0 heterocycles. The second kappa shape index (κ2) is 9.74. The lowest BCUT2D eigenvalue weighted by Crippen LogP contribution is -2.27. The van der Waals surface area contributed by atoms with Crippen LogP contribution in [0.4, 0.5) is 0 Å². The zero-order valence-electron chi connectivity index (χ0n) is 17.1. The largest absolute Gasteiger partial charge is 0.490 e. The summed E-state index contributed by atoms with van der Waals surface area (Å²) in [5.74, 6) is 0.854. The Labute approximate surface area is 166 Å². The van der Waals surface area contributed by atoms with Gasteiger partial charge in [-0.25, -0.2) is 0 Å². The highest BCUT2D eigenvalue weighted by molar-refractivity contribution is 6.07. The molecule has 0 saturated heterocycles. The molecule has 2 aromatic carbocycles. The molecule has 2 rings (SSSR count). The van der Waals surface area contributed by atoms with Crippen molar-refractivity contribution in [3.63, 3.8) is 0 Å². The van der Waals surface area contributed by atoms with Crippen molar-refractivity contribution in [2.45, 2.75) is 20.8 Å².